The molecular formula is C34H41FN6O6S. The summed E-state index contributed by atoms with van der Waals surface area (Å²) in [4.78, 5) is 26.6. The zero-order chi connectivity index (χ0) is 33.1. The molecule has 1 amide bonds. The molecule has 3 aromatic heterocycles. The first-order valence-electron chi connectivity index (χ1n) is 16.2. The highest BCUT2D eigenvalue weighted by Gasteiger charge is 2.23. The predicted molar refractivity (Wildman–Crippen MR) is 181 cm³/mol. The molecule has 256 valence electrons. The molecule has 6 rings (SSSR count). The maximum atomic E-state index is 14.9. The first-order chi connectivity index (χ1) is 23.6. The van der Waals surface area contributed by atoms with Crippen molar-refractivity contribution in [3.8, 4) is 22.1 Å². The minimum Gasteiger partial charge on any atom is -0.453 e. The molecule has 14 heteroatoms. The number of piperazine rings is 1. The van der Waals surface area contributed by atoms with Crippen LogP contribution in [0.15, 0.2) is 54.9 Å². The summed E-state index contributed by atoms with van der Waals surface area (Å²) in [6, 6.07) is 13.1. The second kappa shape index (κ2) is 17.0. The minimum absolute atomic E-state index is 0.149. The Morgan fingerprint density at radius 3 is 2.46 bits per heavy atom. The number of pyridine rings is 2. The molecule has 1 saturated carbocycles. The van der Waals surface area contributed by atoms with E-state index in [9.17, 15) is 9.18 Å². The van der Waals surface area contributed by atoms with Crippen LogP contribution in [0.3, 0.4) is 0 Å². The topological polar surface area (TPSA) is 120 Å². The van der Waals surface area contributed by atoms with E-state index in [1.807, 2.05) is 18.3 Å². The van der Waals surface area contributed by atoms with Crippen molar-refractivity contribution in [1.82, 2.24) is 25.2 Å². The first-order valence-corrected chi connectivity index (χ1v) is 17.0. The molecule has 0 radical (unpaired) electrons. The number of methoxy groups -OCH3 is 1. The Labute approximate surface area is 283 Å². The molecule has 1 aliphatic carbocycles. The quantitative estimate of drug-likeness (QED) is 0.112. The van der Waals surface area contributed by atoms with Gasteiger partial charge in [-0.3, -0.25) is 14.9 Å². The van der Waals surface area contributed by atoms with E-state index in [1.165, 1.54) is 17.4 Å². The van der Waals surface area contributed by atoms with Gasteiger partial charge in [0.05, 0.1) is 59.5 Å². The number of hydrogen-bond acceptors (Lipinski definition) is 12. The van der Waals surface area contributed by atoms with Crippen LogP contribution in [-0.2, 0) is 25.5 Å². The number of fused-ring (bicyclic) bond motifs is 1. The molecular weight excluding hydrogens is 639 g/mol. The first kappa shape index (κ1) is 34.0. The molecule has 2 N–H and O–H groups in total. The molecule has 1 aliphatic heterocycles. The number of rotatable bonds is 17. The molecule has 12 nitrogen and oxygen atoms in total. The lowest BCUT2D eigenvalue weighted by Crippen LogP contribution is -2.48. The Morgan fingerprint density at radius 2 is 1.73 bits per heavy atom. The van der Waals surface area contributed by atoms with Crippen LogP contribution >= 0.6 is 11.3 Å². The van der Waals surface area contributed by atoms with Crippen LogP contribution in [0.25, 0.3) is 20.8 Å². The molecule has 48 heavy (non-hydrogen) atoms. The van der Waals surface area contributed by atoms with E-state index in [-0.39, 0.29) is 18.4 Å². The number of aromatic nitrogens is 2. The molecule has 0 bridgehead atoms. The lowest BCUT2D eigenvalue weighted by Gasteiger charge is -2.34. The van der Waals surface area contributed by atoms with Crippen molar-refractivity contribution in [3.63, 3.8) is 0 Å². The number of halogens is 1. The number of ether oxygens (including phenoxy) is 5. The smallest absolute Gasteiger partial charge is 0.409 e. The van der Waals surface area contributed by atoms with E-state index in [0.717, 1.165) is 58.8 Å². The van der Waals surface area contributed by atoms with Crippen molar-refractivity contribution in [1.29, 1.82) is 0 Å². The van der Waals surface area contributed by atoms with Crippen molar-refractivity contribution in [2.75, 3.05) is 78.4 Å². The highest BCUT2D eigenvalue weighted by atomic mass is 32.1. The fourth-order valence-corrected chi connectivity index (χ4v) is 6.11. The number of carbonyl (C=O) groups excluding carboxylic acids is 1. The summed E-state index contributed by atoms with van der Waals surface area (Å²) in [6.07, 6.45) is 5.49. The number of thiophene rings is 1. The van der Waals surface area contributed by atoms with E-state index in [0.29, 0.717) is 63.6 Å². The van der Waals surface area contributed by atoms with E-state index in [4.69, 9.17) is 28.7 Å². The van der Waals surface area contributed by atoms with Gasteiger partial charge in [0.15, 0.2) is 11.6 Å². The van der Waals surface area contributed by atoms with Gasteiger partial charge in [-0.2, -0.15) is 0 Å². The molecule has 4 heterocycles. The van der Waals surface area contributed by atoms with Crippen molar-refractivity contribution in [2.45, 2.75) is 25.4 Å². The summed E-state index contributed by atoms with van der Waals surface area (Å²) in [5.74, 6) is 0.241. The number of hydrogen-bond donors (Lipinski definition) is 2. The van der Waals surface area contributed by atoms with Gasteiger partial charge in [-0.15, -0.1) is 11.3 Å². The second-order valence-electron chi connectivity index (χ2n) is 11.6. The largest absolute Gasteiger partial charge is 0.453 e. The van der Waals surface area contributed by atoms with Gasteiger partial charge in [-0.25, -0.2) is 14.6 Å². The number of amides is 1. The van der Waals surface area contributed by atoms with Crippen LogP contribution in [0.4, 0.5) is 14.9 Å². The average Bonchev–Trinajstić information content (AvgIpc) is 3.84. The van der Waals surface area contributed by atoms with Crippen molar-refractivity contribution >= 4 is 33.3 Å². The van der Waals surface area contributed by atoms with E-state index in [1.54, 1.807) is 36.4 Å². The monoisotopic (exact) mass is 680 g/mol. The molecule has 4 aromatic rings. The molecule has 0 atom stereocenters. The maximum Gasteiger partial charge on any atom is 0.409 e. The highest BCUT2D eigenvalue weighted by molar-refractivity contribution is 7.22. The Bertz CT molecular complexity index is 1630. The number of nitrogens with one attached hydrogen (secondary N) is 2. The third kappa shape index (κ3) is 9.58. The Balaban J connectivity index is 0.956. The number of nitrogens with zero attached hydrogens (tertiary/aromatic N) is 4. The third-order valence-corrected chi connectivity index (χ3v) is 9.06. The summed E-state index contributed by atoms with van der Waals surface area (Å²) in [6.45, 7) is 5.97. The van der Waals surface area contributed by atoms with E-state index in [2.05, 4.69) is 26.8 Å². The molecule has 0 unspecified atom stereocenters. The summed E-state index contributed by atoms with van der Waals surface area (Å²) < 4.78 is 42.7. The van der Waals surface area contributed by atoms with E-state index < -0.39 is 5.82 Å². The summed E-state index contributed by atoms with van der Waals surface area (Å²) in [7, 11) is 1.63. The van der Waals surface area contributed by atoms with Crippen LogP contribution in [0.2, 0.25) is 0 Å². The zero-order valence-electron chi connectivity index (χ0n) is 27.0. The van der Waals surface area contributed by atoms with Gasteiger partial charge < -0.3 is 34.0 Å². The maximum absolute atomic E-state index is 14.9. The third-order valence-electron chi connectivity index (χ3n) is 7.90. The number of anilines is 1. The van der Waals surface area contributed by atoms with Crippen LogP contribution in [0, 0.1) is 5.82 Å². The SMILES string of the molecule is COCCOCCOCCOC(=O)N1CCN(Cc2ccc(-c3cc4nccc(Oc5ccc(NNC6CC6)cc5F)c4s3)nc2)CC1. The molecule has 2 fully saturated rings. The zero-order valence-corrected chi connectivity index (χ0v) is 27.8. The lowest BCUT2D eigenvalue weighted by atomic mass is 10.2. The summed E-state index contributed by atoms with van der Waals surface area (Å²) in [5.41, 5.74) is 9.53. The number of benzene rings is 1. The van der Waals surface area contributed by atoms with Crippen molar-refractivity contribution in [2.24, 2.45) is 0 Å². The van der Waals surface area contributed by atoms with Crippen molar-refractivity contribution < 1.29 is 32.9 Å². The highest BCUT2D eigenvalue weighted by Crippen LogP contribution is 2.39. The van der Waals surface area contributed by atoms with Gasteiger partial charge in [0.1, 0.15) is 12.4 Å². The Hall–Kier alpha value is -3.92. The van der Waals surface area contributed by atoms with Crippen LogP contribution in [-0.4, -0.2) is 105 Å². The van der Waals surface area contributed by atoms with Gasteiger partial charge in [-0.1, -0.05) is 6.07 Å². The summed E-state index contributed by atoms with van der Waals surface area (Å²) >= 11 is 1.51. The van der Waals surface area contributed by atoms with Gasteiger partial charge in [0, 0.05) is 70.4 Å². The Kier molecular flexibility index (Phi) is 12.0. The van der Waals surface area contributed by atoms with Crippen molar-refractivity contribution in [3.05, 3.63) is 66.2 Å². The standard InChI is InChI=1S/C34H41FN6O6S/c1-43-14-15-44-16-17-45-18-19-46-34(42)41-12-10-40(11-13-41)23-24-2-6-28(37-22-24)32-21-29-33(48-32)31(8-9-36-29)47-30-7-5-26(20-27(30)35)39-38-25-3-4-25/h2,5-9,20-22,25,38-39H,3-4,10-19,23H2,1H3. The van der Waals surface area contributed by atoms with Gasteiger partial charge in [0.2, 0.25) is 0 Å². The lowest BCUT2D eigenvalue weighted by molar-refractivity contribution is 0.00744. The molecule has 0 spiro atoms. The second-order valence-corrected chi connectivity index (χ2v) is 12.6. The molecule has 1 aromatic carbocycles. The average molecular weight is 681 g/mol. The van der Waals surface area contributed by atoms with Crippen LogP contribution in [0.5, 0.6) is 11.5 Å². The molecule has 2 aliphatic rings. The van der Waals surface area contributed by atoms with Gasteiger partial charge >= 0.3 is 6.09 Å². The van der Waals surface area contributed by atoms with Gasteiger partial charge in [-0.05, 0) is 42.7 Å². The summed E-state index contributed by atoms with van der Waals surface area (Å²) in [5, 5.41) is 0. The normalized spacial score (nSPS) is 15.2. The Morgan fingerprint density at radius 1 is 0.938 bits per heavy atom. The van der Waals surface area contributed by atoms with E-state index >= 15 is 0 Å². The molecule has 1 saturated heterocycles. The predicted octanol–water partition coefficient (Wildman–Crippen LogP) is 5.30. The minimum atomic E-state index is -0.449. The van der Waals surface area contributed by atoms with Gasteiger partial charge in [0.25, 0.3) is 0 Å². The van der Waals surface area contributed by atoms with Crippen LogP contribution < -0.4 is 15.6 Å². The van der Waals surface area contributed by atoms with Crippen LogP contribution in [0.1, 0.15) is 18.4 Å². The number of hydrazine groups is 1. The fraction of sp³-hybridized carbons (Fsp3) is 0.441. The fourth-order valence-electron chi connectivity index (χ4n) is 5.07. The number of carbonyl (C=O) groups is 1.